The summed E-state index contributed by atoms with van der Waals surface area (Å²) in [7, 11) is 1.62. The van der Waals surface area contributed by atoms with Crippen molar-refractivity contribution >= 4 is 23.7 Å². The second kappa shape index (κ2) is 9.15. The molecule has 0 radical (unpaired) electrons. The van der Waals surface area contributed by atoms with E-state index < -0.39 is 5.54 Å². The van der Waals surface area contributed by atoms with E-state index in [0.717, 1.165) is 25.7 Å². The number of carbonyl (C=O) groups excluding carboxylic acids is 4. The molecule has 3 amide bonds. The lowest BCUT2D eigenvalue weighted by atomic mass is 9.95. The van der Waals surface area contributed by atoms with Crippen molar-refractivity contribution in [1.29, 1.82) is 0 Å². The van der Waals surface area contributed by atoms with Gasteiger partial charge in [0.15, 0.2) is 5.69 Å². The first-order valence-electron chi connectivity index (χ1n) is 11.9. The zero-order chi connectivity index (χ0) is 23.8. The van der Waals surface area contributed by atoms with Gasteiger partial charge in [0.2, 0.25) is 5.91 Å². The van der Waals surface area contributed by atoms with E-state index in [1.807, 2.05) is 0 Å². The van der Waals surface area contributed by atoms with Gasteiger partial charge in [0, 0.05) is 32.2 Å². The summed E-state index contributed by atoms with van der Waals surface area (Å²) >= 11 is 0. The highest BCUT2D eigenvalue weighted by atomic mass is 16.5. The van der Waals surface area contributed by atoms with Crippen LogP contribution in [0.1, 0.15) is 73.3 Å². The Balaban J connectivity index is 1.46. The Morgan fingerprint density at radius 1 is 1.18 bits per heavy atom. The molecule has 2 aliphatic heterocycles. The van der Waals surface area contributed by atoms with Crippen LogP contribution in [-0.4, -0.2) is 81.6 Å². The first-order valence-corrected chi connectivity index (χ1v) is 11.9. The Morgan fingerprint density at radius 2 is 1.85 bits per heavy atom. The van der Waals surface area contributed by atoms with E-state index in [0.29, 0.717) is 38.2 Å². The average Bonchev–Trinajstić information content (AvgIpc) is 3.47. The van der Waals surface area contributed by atoms with Crippen molar-refractivity contribution in [2.45, 2.75) is 70.5 Å². The molecular formula is C23H33N5O5. The number of nitrogens with one attached hydrogen (secondary N) is 1. The van der Waals surface area contributed by atoms with Gasteiger partial charge in [-0.2, -0.15) is 5.10 Å². The fourth-order valence-electron chi connectivity index (χ4n) is 4.98. The molecule has 2 fully saturated rings. The van der Waals surface area contributed by atoms with Crippen molar-refractivity contribution in [1.82, 2.24) is 24.9 Å². The molecule has 1 N–H and O–H groups in total. The molecule has 1 aliphatic carbocycles. The standard InChI is InChI=1S/C23H33N5O5/c1-4-33-21(31)15-9-11-27(12-10-15)19(29)17-13-18-20(30)26(3)23(2,14-28(18)25-17)22(32)24-16-7-5-6-8-16/h13,15-16H,4-12,14H2,1-3H3,(H,24,32)/t23-/m0/s1. The van der Waals surface area contributed by atoms with Crippen LogP contribution in [-0.2, 0) is 20.9 Å². The van der Waals surface area contributed by atoms with Crippen molar-refractivity contribution in [2.75, 3.05) is 26.7 Å². The average molecular weight is 460 g/mol. The molecule has 10 heteroatoms. The van der Waals surface area contributed by atoms with Crippen LogP contribution in [0.3, 0.4) is 0 Å². The topological polar surface area (TPSA) is 114 Å². The number of esters is 1. The summed E-state index contributed by atoms with van der Waals surface area (Å²) in [6, 6.07) is 1.65. The van der Waals surface area contributed by atoms with E-state index in [9.17, 15) is 19.2 Å². The summed E-state index contributed by atoms with van der Waals surface area (Å²) in [5, 5.41) is 7.50. The van der Waals surface area contributed by atoms with E-state index in [4.69, 9.17) is 4.74 Å². The number of likely N-dealkylation sites (tertiary alicyclic amines) is 1. The number of rotatable bonds is 5. The van der Waals surface area contributed by atoms with Crippen LogP contribution in [0.2, 0.25) is 0 Å². The zero-order valence-electron chi connectivity index (χ0n) is 19.6. The minimum absolute atomic E-state index is 0.145. The third-order valence-electron chi connectivity index (χ3n) is 7.30. The van der Waals surface area contributed by atoms with E-state index >= 15 is 0 Å². The summed E-state index contributed by atoms with van der Waals surface area (Å²) in [6.07, 6.45) is 5.19. The van der Waals surface area contributed by atoms with Gasteiger partial charge in [0.25, 0.3) is 11.8 Å². The molecule has 3 aliphatic rings. The third-order valence-corrected chi connectivity index (χ3v) is 7.30. The molecule has 0 spiro atoms. The highest BCUT2D eigenvalue weighted by Crippen LogP contribution is 2.28. The normalized spacial score (nSPS) is 24.0. The Kier molecular flexibility index (Phi) is 6.45. The Labute approximate surface area is 193 Å². The summed E-state index contributed by atoms with van der Waals surface area (Å²) in [4.78, 5) is 54.3. The van der Waals surface area contributed by atoms with Gasteiger partial charge in [-0.1, -0.05) is 12.8 Å². The summed E-state index contributed by atoms with van der Waals surface area (Å²) in [6.45, 7) is 4.90. The van der Waals surface area contributed by atoms with Crippen LogP contribution >= 0.6 is 0 Å². The molecule has 0 aromatic carbocycles. The number of amides is 3. The van der Waals surface area contributed by atoms with Crippen molar-refractivity contribution in [2.24, 2.45) is 5.92 Å². The molecule has 1 saturated heterocycles. The van der Waals surface area contributed by atoms with Crippen LogP contribution < -0.4 is 5.32 Å². The van der Waals surface area contributed by atoms with Gasteiger partial charge in [-0.25, -0.2) is 0 Å². The van der Waals surface area contributed by atoms with Crippen LogP contribution in [0.15, 0.2) is 6.07 Å². The number of likely N-dealkylation sites (N-methyl/N-ethyl adjacent to an activating group) is 1. The number of piperidine rings is 1. The fraction of sp³-hybridized carbons (Fsp3) is 0.696. The lowest BCUT2D eigenvalue weighted by molar-refractivity contribution is -0.149. The molecule has 33 heavy (non-hydrogen) atoms. The van der Waals surface area contributed by atoms with Crippen molar-refractivity contribution in [3.63, 3.8) is 0 Å². The minimum Gasteiger partial charge on any atom is -0.466 e. The van der Waals surface area contributed by atoms with Gasteiger partial charge in [-0.15, -0.1) is 0 Å². The zero-order valence-corrected chi connectivity index (χ0v) is 19.6. The highest BCUT2D eigenvalue weighted by molar-refractivity contribution is 6.01. The summed E-state index contributed by atoms with van der Waals surface area (Å²) in [5.74, 6) is -1.21. The van der Waals surface area contributed by atoms with Gasteiger partial charge >= 0.3 is 5.97 Å². The molecule has 1 aromatic heterocycles. The van der Waals surface area contributed by atoms with Crippen LogP contribution in [0.25, 0.3) is 0 Å². The fourth-order valence-corrected chi connectivity index (χ4v) is 4.98. The van der Waals surface area contributed by atoms with Gasteiger partial charge in [0.1, 0.15) is 11.2 Å². The Morgan fingerprint density at radius 3 is 2.48 bits per heavy atom. The first-order chi connectivity index (χ1) is 15.7. The summed E-state index contributed by atoms with van der Waals surface area (Å²) in [5.41, 5.74) is -0.605. The Bertz CT molecular complexity index is 945. The molecule has 1 atom stereocenters. The number of ether oxygens (including phenoxy) is 1. The highest BCUT2D eigenvalue weighted by Gasteiger charge is 2.47. The molecule has 4 rings (SSSR count). The lowest BCUT2D eigenvalue weighted by Gasteiger charge is -2.41. The van der Waals surface area contributed by atoms with Crippen LogP contribution in [0, 0.1) is 5.92 Å². The van der Waals surface area contributed by atoms with E-state index in [-0.39, 0.29) is 47.9 Å². The van der Waals surface area contributed by atoms with Gasteiger partial charge in [0.05, 0.1) is 19.1 Å². The smallest absolute Gasteiger partial charge is 0.309 e. The predicted octanol–water partition coefficient (Wildman–Crippen LogP) is 1.20. The number of aromatic nitrogens is 2. The number of fused-ring (bicyclic) bond motifs is 1. The monoisotopic (exact) mass is 459 g/mol. The van der Waals surface area contributed by atoms with Gasteiger partial charge in [-0.3, -0.25) is 23.9 Å². The van der Waals surface area contributed by atoms with E-state index in [2.05, 4.69) is 10.4 Å². The van der Waals surface area contributed by atoms with Crippen molar-refractivity contribution < 1.29 is 23.9 Å². The predicted molar refractivity (Wildman–Crippen MR) is 118 cm³/mol. The SMILES string of the molecule is CCOC(=O)C1CCN(C(=O)c2cc3n(n2)C[C@@](C)(C(=O)NC2CCCC2)N(C)C3=O)CC1. The number of nitrogens with zero attached hydrogens (tertiary/aromatic N) is 4. The lowest BCUT2D eigenvalue weighted by Crippen LogP contribution is -2.63. The van der Waals surface area contributed by atoms with Gasteiger partial charge in [-0.05, 0) is 39.5 Å². The van der Waals surface area contributed by atoms with Crippen LogP contribution in [0.5, 0.6) is 0 Å². The van der Waals surface area contributed by atoms with E-state index in [1.54, 1.807) is 25.8 Å². The molecule has 0 bridgehead atoms. The maximum Gasteiger partial charge on any atom is 0.309 e. The van der Waals surface area contributed by atoms with Crippen molar-refractivity contribution in [3.05, 3.63) is 17.5 Å². The molecule has 1 aromatic rings. The molecule has 1 saturated carbocycles. The van der Waals surface area contributed by atoms with Gasteiger partial charge < -0.3 is 19.9 Å². The molecule has 3 heterocycles. The molecule has 180 valence electrons. The second-order valence-electron chi connectivity index (χ2n) is 9.48. The molecular weight excluding hydrogens is 426 g/mol. The number of hydrogen-bond donors (Lipinski definition) is 1. The van der Waals surface area contributed by atoms with Crippen LogP contribution in [0.4, 0.5) is 0 Å². The summed E-state index contributed by atoms with van der Waals surface area (Å²) < 4.78 is 6.57. The Hall–Kier alpha value is -2.91. The quantitative estimate of drug-likeness (QED) is 0.662. The maximum atomic E-state index is 13.1. The van der Waals surface area contributed by atoms with E-state index in [1.165, 1.54) is 15.6 Å². The first kappa shape index (κ1) is 23.3. The second-order valence-corrected chi connectivity index (χ2v) is 9.48. The molecule has 0 unspecified atom stereocenters. The van der Waals surface area contributed by atoms with Crippen molar-refractivity contribution in [3.8, 4) is 0 Å². The molecule has 10 nitrogen and oxygen atoms in total. The third kappa shape index (κ3) is 4.35. The largest absolute Gasteiger partial charge is 0.466 e. The minimum atomic E-state index is -1.09. The number of carbonyl (C=O) groups is 4. The maximum absolute atomic E-state index is 13.1. The number of hydrogen-bond acceptors (Lipinski definition) is 6.